The second-order valence-electron chi connectivity index (χ2n) is 3.65. The maximum absolute atomic E-state index is 12.5. The van der Waals surface area contributed by atoms with Gasteiger partial charge in [0.1, 0.15) is 0 Å². The number of alkyl halides is 3. The first-order chi connectivity index (χ1) is 7.88. The first kappa shape index (κ1) is 12.2. The van der Waals surface area contributed by atoms with Crippen LogP contribution in [0.25, 0.3) is 4.91 Å². The zero-order valence-corrected chi connectivity index (χ0v) is 10.0. The lowest BCUT2D eigenvalue weighted by Gasteiger charge is -2.12. The van der Waals surface area contributed by atoms with E-state index in [0.29, 0.717) is 10.6 Å². The third-order valence-electron chi connectivity index (χ3n) is 2.22. The Kier molecular flexibility index (Phi) is 3.03. The summed E-state index contributed by atoms with van der Waals surface area (Å²) in [5.74, 6) is 0. The maximum atomic E-state index is 12.5. The molecule has 0 radical (unpaired) electrons. The molecule has 0 saturated heterocycles. The molecule has 17 heavy (non-hydrogen) atoms. The highest BCUT2D eigenvalue weighted by Crippen LogP contribution is 2.36. The first-order valence-corrected chi connectivity index (χ1v) is 5.77. The van der Waals surface area contributed by atoms with Crippen molar-refractivity contribution in [3.05, 3.63) is 23.7 Å². The third-order valence-corrected chi connectivity index (χ3v) is 3.29. The minimum atomic E-state index is -4.41. The van der Waals surface area contributed by atoms with Crippen molar-refractivity contribution in [3.63, 3.8) is 0 Å². The van der Waals surface area contributed by atoms with E-state index in [4.69, 9.17) is 0 Å². The van der Waals surface area contributed by atoms with Crippen LogP contribution in [-0.2, 0) is 13.2 Å². The molecular weight excluding hydrogens is 251 g/mol. The average Bonchev–Trinajstić information content (AvgIpc) is 2.60. The molecule has 0 N–H and O–H groups in total. The Hall–Kier alpha value is -1.24. The van der Waals surface area contributed by atoms with Gasteiger partial charge < -0.3 is 0 Å². The molecule has 1 aromatic heterocycles. The van der Waals surface area contributed by atoms with Gasteiger partial charge >= 0.3 is 6.18 Å². The number of thioether (sulfide) groups is 1. The van der Waals surface area contributed by atoms with Crippen LogP contribution in [0.4, 0.5) is 13.2 Å². The van der Waals surface area contributed by atoms with Crippen LogP contribution in [0.1, 0.15) is 18.3 Å². The van der Waals surface area contributed by atoms with Gasteiger partial charge in [0.15, 0.2) is 5.69 Å². The molecule has 1 aliphatic heterocycles. The van der Waals surface area contributed by atoms with E-state index in [-0.39, 0.29) is 5.25 Å². The molecule has 0 saturated carbocycles. The highest BCUT2D eigenvalue weighted by molar-refractivity contribution is 8.09. The molecule has 1 unspecified atom stereocenters. The van der Waals surface area contributed by atoms with Gasteiger partial charge in [0.25, 0.3) is 0 Å². The van der Waals surface area contributed by atoms with Gasteiger partial charge in [-0.3, -0.25) is 9.67 Å². The summed E-state index contributed by atoms with van der Waals surface area (Å²) in [4.78, 5) is 4.70. The minimum absolute atomic E-state index is 0.152. The molecule has 1 aliphatic rings. The normalized spacial score (nSPS) is 20.5. The van der Waals surface area contributed by atoms with Crippen LogP contribution in [0.2, 0.25) is 0 Å². The number of nitrogens with zero attached hydrogens (tertiary/aromatic N) is 3. The van der Waals surface area contributed by atoms with E-state index < -0.39 is 11.9 Å². The van der Waals surface area contributed by atoms with Crippen molar-refractivity contribution in [1.82, 2.24) is 9.78 Å². The van der Waals surface area contributed by atoms with Crippen LogP contribution in [0.15, 0.2) is 17.3 Å². The summed E-state index contributed by atoms with van der Waals surface area (Å²) >= 11 is 1.46. The summed E-state index contributed by atoms with van der Waals surface area (Å²) < 4.78 is 38.7. The molecule has 2 rings (SSSR count). The Labute approximate surface area is 100 Å². The Balaban J connectivity index is 2.37. The van der Waals surface area contributed by atoms with Crippen LogP contribution >= 0.6 is 11.8 Å². The second-order valence-corrected chi connectivity index (χ2v) is 5.07. The van der Waals surface area contributed by atoms with Crippen LogP contribution in [-0.4, -0.2) is 21.2 Å². The topological polar surface area (TPSA) is 30.2 Å². The molecule has 1 atom stereocenters. The Morgan fingerprint density at radius 3 is 2.65 bits per heavy atom. The fourth-order valence-corrected chi connectivity index (χ4v) is 2.42. The molecule has 0 spiro atoms. The number of halogens is 3. The predicted octanol–water partition coefficient (Wildman–Crippen LogP) is 2.94. The molecule has 2 heterocycles. The van der Waals surface area contributed by atoms with Crippen LogP contribution in [0.5, 0.6) is 0 Å². The molecule has 0 fully saturated rings. The van der Waals surface area contributed by atoms with Gasteiger partial charge in [-0.2, -0.15) is 18.3 Å². The van der Waals surface area contributed by atoms with Crippen molar-refractivity contribution >= 4 is 22.9 Å². The van der Waals surface area contributed by atoms with Gasteiger partial charge in [0.05, 0.1) is 10.6 Å². The fraction of sp³-hybridized carbons (Fsp3) is 0.400. The quantitative estimate of drug-likeness (QED) is 0.778. The number of aryl methyl sites for hydroxylation is 1. The largest absolute Gasteiger partial charge is 0.435 e. The molecule has 1 aromatic rings. The van der Waals surface area contributed by atoms with E-state index >= 15 is 0 Å². The molecule has 0 bridgehead atoms. The van der Waals surface area contributed by atoms with E-state index in [1.54, 1.807) is 12.4 Å². The summed E-state index contributed by atoms with van der Waals surface area (Å²) in [6.45, 7) is 1.93. The molecule has 92 valence electrons. The van der Waals surface area contributed by atoms with E-state index in [1.165, 1.54) is 23.5 Å². The summed E-state index contributed by atoms with van der Waals surface area (Å²) in [5, 5.41) is 3.62. The van der Waals surface area contributed by atoms with Gasteiger partial charge in [0.2, 0.25) is 0 Å². The molecule has 0 aliphatic carbocycles. The summed E-state index contributed by atoms with van der Waals surface area (Å²) in [6, 6.07) is 1.05. The number of aliphatic imine (C=N–C) groups is 1. The predicted molar refractivity (Wildman–Crippen MR) is 61.7 cm³/mol. The van der Waals surface area contributed by atoms with Crippen molar-refractivity contribution in [2.75, 3.05) is 0 Å². The number of hydrogen-bond donors (Lipinski definition) is 0. The standard InChI is InChI=1S/C10H10F3N3S/c1-6-4-14-5-8(17-6)7-3-9(10(11,12)13)15-16(7)2/h3-6H,1-2H3. The van der Waals surface area contributed by atoms with Crippen LogP contribution in [0, 0.1) is 0 Å². The number of aromatic nitrogens is 2. The SMILES string of the molecule is CC1C=NC=C(c2cc(C(F)(F)F)nn2C)S1. The fourth-order valence-electron chi connectivity index (χ4n) is 1.46. The lowest BCUT2D eigenvalue weighted by Crippen LogP contribution is -2.06. The molecular formula is C10H10F3N3S. The van der Waals surface area contributed by atoms with Gasteiger partial charge in [0, 0.05) is 24.7 Å². The van der Waals surface area contributed by atoms with Gasteiger partial charge in [-0.05, 0) is 13.0 Å². The zero-order chi connectivity index (χ0) is 12.6. The zero-order valence-electron chi connectivity index (χ0n) is 9.19. The van der Waals surface area contributed by atoms with Crippen molar-refractivity contribution in [1.29, 1.82) is 0 Å². The van der Waals surface area contributed by atoms with E-state index in [1.807, 2.05) is 6.92 Å². The summed E-state index contributed by atoms with van der Waals surface area (Å²) in [5.41, 5.74) is -0.440. The van der Waals surface area contributed by atoms with E-state index in [2.05, 4.69) is 10.1 Å². The highest BCUT2D eigenvalue weighted by atomic mass is 32.2. The Morgan fingerprint density at radius 2 is 2.12 bits per heavy atom. The molecule has 0 aromatic carbocycles. The second kappa shape index (κ2) is 4.21. The van der Waals surface area contributed by atoms with E-state index in [0.717, 1.165) is 6.07 Å². The highest BCUT2D eigenvalue weighted by Gasteiger charge is 2.35. The maximum Gasteiger partial charge on any atom is 0.435 e. The lowest BCUT2D eigenvalue weighted by molar-refractivity contribution is -0.141. The Bertz CT molecular complexity index is 487. The molecule has 7 heteroatoms. The van der Waals surface area contributed by atoms with Gasteiger partial charge in [-0.25, -0.2) is 0 Å². The van der Waals surface area contributed by atoms with Crippen LogP contribution < -0.4 is 0 Å². The number of hydrogen-bond acceptors (Lipinski definition) is 3. The molecule has 0 amide bonds. The van der Waals surface area contributed by atoms with E-state index in [9.17, 15) is 13.2 Å². The average molecular weight is 261 g/mol. The first-order valence-electron chi connectivity index (χ1n) is 4.89. The number of rotatable bonds is 1. The monoisotopic (exact) mass is 261 g/mol. The van der Waals surface area contributed by atoms with Crippen molar-refractivity contribution in [2.45, 2.75) is 18.3 Å². The van der Waals surface area contributed by atoms with Gasteiger partial charge in [-0.1, -0.05) is 0 Å². The Morgan fingerprint density at radius 1 is 1.41 bits per heavy atom. The lowest BCUT2D eigenvalue weighted by atomic mass is 10.3. The smallest absolute Gasteiger partial charge is 0.267 e. The minimum Gasteiger partial charge on any atom is -0.267 e. The van der Waals surface area contributed by atoms with Crippen LogP contribution in [0.3, 0.4) is 0 Å². The van der Waals surface area contributed by atoms with Crippen molar-refractivity contribution in [2.24, 2.45) is 12.0 Å². The third kappa shape index (κ3) is 2.54. The van der Waals surface area contributed by atoms with Crippen molar-refractivity contribution in [3.8, 4) is 0 Å². The summed E-state index contributed by atoms with van der Waals surface area (Å²) in [7, 11) is 1.50. The van der Waals surface area contributed by atoms with Gasteiger partial charge in [-0.15, -0.1) is 11.8 Å². The molecule has 3 nitrogen and oxygen atoms in total. The summed E-state index contributed by atoms with van der Waals surface area (Å²) in [6.07, 6.45) is -1.11. The van der Waals surface area contributed by atoms with Crippen molar-refractivity contribution < 1.29 is 13.2 Å².